The number of aryl methyl sites for hydroxylation is 1. The average molecular weight is 284 g/mol. The molecule has 0 spiro atoms. The summed E-state index contributed by atoms with van der Waals surface area (Å²) in [5.41, 5.74) is 1.75. The average Bonchev–Trinajstić information content (AvgIpc) is 2.74. The standard InChI is InChI=1S/C11H10ClN3O2S/c1-7-2-3-8(15(16)17)4-9(7)13-6-11-14-5-10(12)18-11/h2-5,13H,6H2,1H3. The predicted molar refractivity (Wildman–Crippen MR) is 72.3 cm³/mol. The van der Waals surface area contributed by atoms with E-state index in [1.165, 1.54) is 23.5 Å². The molecule has 0 saturated heterocycles. The Hall–Kier alpha value is -1.66. The van der Waals surface area contributed by atoms with E-state index in [-0.39, 0.29) is 5.69 Å². The van der Waals surface area contributed by atoms with Crippen LogP contribution >= 0.6 is 22.9 Å². The van der Waals surface area contributed by atoms with E-state index in [4.69, 9.17) is 11.6 Å². The van der Waals surface area contributed by atoms with Crippen molar-refractivity contribution in [2.75, 3.05) is 5.32 Å². The summed E-state index contributed by atoms with van der Waals surface area (Å²) in [5.74, 6) is 0. The molecule has 0 bridgehead atoms. The van der Waals surface area contributed by atoms with Crippen LogP contribution in [0, 0.1) is 17.0 Å². The normalized spacial score (nSPS) is 10.3. The van der Waals surface area contributed by atoms with Gasteiger partial charge in [-0.1, -0.05) is 17.7 Å². The van der Waals surface area contributed by atoms with Crippen molar-refractivity contribution < 1.29 is 4.92 Å². The number of hydrogen-bond donors (Lipinski definition) is 1. The van der Waals surface area contributed by atoms with Crippen molar-refractivity contribution >= 4 is 34.3 Å². The van der Waals surface area contributed by atoms with Gasteiger partial charge in [0, 0.05) is 17.8 Å². The van der Waals surface area contributed by atoms with Crippen molar-refractivity contribution in [2.24, 2.45) is 0 Å². The monoisotopic (exact) mass is 283 g/mol. The fraction of sp³-hybridized carbons (Fsp3) is 0.182. The van der Waals surface area contributed by atoms with Gasteiger partial charge in [0.1, 0.15) is 9.34 Å². The molecule has 18 heavy (non-hydrogen) atoms. The van der Waals surface area contributed by atoms with Crippen LogP contribution in [-0.4, -0.2) is 9.91 Å². The Labute approximate surface area is 113 Å². The highest BCUT2D eigenvalue weighted by molar-refractivity contribution is 7.15. The second-order valence-corrected chi connectivity index (χ2v) is 5.41. The third kappa shape index (κ3) is 2.96. The topological polar surface area (TPSA) is 68.1 Å². The maximum Gasteiger partial charge on any atom is 0.271 e. The van der Waals surface area contributed by atoms with Gasteiger partial charge < -0.3 is 5.32 Å². The quantitative estimate of drug-likeness (QED) is 0.687. The third-order valence-corrected chi connectivity index (χ3v) is 3.50. The number of aromatic nitrogens is 1. The van der Waals surface area contributed by atoms with Crippen LogP contribution in [0.2, 0.25) is 4.34 Å². The first-order valence-electron chi connectivity index (χ1n) is 5.15. The summed E-state index contributed by atoms with van der Waals surface area (Å²) in [7, 11) is 0. The Morgan fingerprint density at radius 3 is 2.94 bits per heavy atom. The van der Waals surface area contributed by atoms with Crippen molar-refractivity contribution in [1.82, 2.24) is 4.98 Å². The number of anilines is 1. The number of halogens is 1. The first kappa shape index (κ1) is 12.8. The van der Waals surface area contributed by atoms with E-state index in [0.717, 1.165) is 16.3 Å². The van der Waals surface area contributed by atoms with E-state index >= 15 is 0 Å². The van der Waals surface area contributed by atoms with E-state index < -0.39 is 4.92 Å². The highest BCUT2D eigenvalue weighted by Gasteiger charge is 2.09. The van der Waals surface area contributed by atoms with Crippen molar-refractivity contribution in [2.45, 2.75) is 13.5 Å². The molecule has 2 rings (SSSR count). The van der Waals surface area contributed by atoms with Gasteiger partial charge in [0.15, 0.2) is 0 Å². The number of rotatable bonds is 4. The molecule has 0 amide bonds. The molecule has 1 aromatic heterocycles. The van der Waals surface area contributed by atoms with Gasteiger partial charge in [-0.05, 0) is 12.5 Å². The van der Waals surface area contributed by atoms with Gasteiger partial charge in [-0.25, -0.2) is 4.98 Å². The first-order chi connectivity index (χ1) is 8.56. The number of nitrogens with one attached hydrogen (secondary N) is 1. The Morgan fingerprint density at radius 2 is 2.33 bits per heavy atom. The Morgan fingerprint density at radius 1 is 1.56 bits per heavy atom. The lowest BCUT2D eigenvalue weighted by molar-refractivity contribution is -0.384. The molecule has 0 aliphatic carbocycles. The minimum atomic E-state index is -0.412. The van der Waals surface area contributed by atoms with Gasteiger partial charge in [0.05, 0.1) is 17.7 Å². The zero-order chi connectivity index (χ0) is 13.1. The van der Waals surface area contributed by atoms with Crippen molar-refractivity contribution in [3.05, 3.63) is 49.4 Å². The summed E-state index contributed by atoms with van der Waals surface area (Å²) >= 11 is 7.16. The van der Waals surface area contributed by atoms with Crippen LogP contribution in [0.4, 0.5) is 11.4 Å². The lowest BCUT2D eigenvalue weighted by Gasteiger charge is -2.07. The smallest absolute Gasteiger partial charge is 0.271 e. The molecule has 94 valence electrons. The lowest BCUT2D eigenvalue weighted by atomic mass is 10.2. The molecular formula is C11H10ClN3O2S. The van der Waals surface area contributed by atoms with E-state index in [0.29, 0.717) is 10.9 Å². The molecule has 0 aliphatic rings. The summed E-state index contributed by atoms with van der Waals surface area (Å²) < 4.78 is 0.627. The first-order valence-corrected chi connectivity index (χ1v) is 6.35. The highest BCUT2D eigenvalue weighted by atomic mass is 35.5. The maximum absolute atomic E-state index is 10.7. The van der Waals surface area contributed by atoms with Gasteiger partial charge in [-0.2, -0.15) is 0 Å². The molecule has 5 nitrogen and oxygen atoms in total. The summed E-state index contributed by atoms with van der Waals surface area (Å²) in [4.78, 5) is 14.4. The zero-order valence-electron chi connectivity index (χ0n) is 9.51. The SMILES string of the molecule is Cc1ccc([N+](=O)[O-])cc1NCc1ncc(Cl)s1. The fourth-order valence-electron chi connectivity index (χ4n) is 1.45. The number of non-ortho nitro benzene ring substituents is 1. The molecular weight excluding hydrogens is 274 g/mol. The molecule has 0 unspecified atom stereocenters. The maximum atomic E-state index is 10.7. The molecule has 0 aliphatic heterocycles. The zero-order valence-corrected chi connectivity index (χ0v) is 11.1. The minimum Gasteiger partial charge on any atom is -0.378 e. The van der Waals surface area contributed by atoms with Crippen LogP contribution in [0.1, 0.15) is 10.6 Å². The van der Waals surface area contributed by atoms with Crippen molar-refractivity contribution in [3.63, 3.8) is 0 Å². The van der Waals surface area contributed by atoms with Crippen LogP contribution in [0.15, 0.2) is 24.4 Å². The number of nitro benzene ring substituents is 1. The van der Waals surface area contributed by atoms with E-state index in [9.17, 15) is 10.1 Å². The summed E-state index contributed by atoms with van der Waals surface area (Å²) in [6, 6.07) is 4.72. The lowest BCUT2D eigenvalue weighted by Crippen LogP contribution is -2.01. The van der Waals surface area contributed by atoms with E-state index in [1.807, 2.05) is 6.92 Å². The summed E-state index contributed by atoms with van der Waals surface area (Å²) in [6.45, 7) is 2.39. The highest BCUT2D eigenvalue weighted by Crippen LogP contribution is 2.24. The van der Waals surface area contributed by atoms with Gasteiger partial charge >= 0.3 is 0 Å². The Kier molecular flexibility index (Phi) is 3.78. The van der Waals surface area contributed by atoms with Gasteiger partial charge in [-0.3, -0.25) is 10.1 Å². The van der Waals surface area contributed by atoms with Crippen LogP contribution < -0.4 is 5.32 Å². The van der Waals surface area contributed by atoms with Crippen molar-refractivity contribution in [1.29, 1.82) is 0 Å². The van der Waals surface area contributed by atoms with Crippen LogP contribution in [0.3, 0.4) is 0 Å². The van der Waals surface area contributed by atoms with Crippen LogP contribution in [0.5, 0.6) is 0 Å². The molecule has 0 radical (unpaired) electrons. The van der Waals surface area contributed by atoms with Crippen LogP contribution in [0.25, 0.3) is 0 Å². The van der Waals surface area contributed by atoms with Gasteiger partial charge in [-0.15, -0.1) is 11.3 Å². The molecule has 0 atom stereocenters. The van der Waals surface area contributed by atoms with Crippen LogP contribution in [-0.2, 0) is 6.54 Å². The predicted octanol–water partition coefficient (Wildman–Crippen LogP) is 3.63. The third-order valence-electron chi connectivity index (χ3n) is 2.39. The molecule has 2 aromatic rings. The summed E-state index contributed by atoms with van der Waals surface area (Å²) in [5, 5.41) is 14.7. The largest absolute Gasteiger partial charge is 0.378 e. The van der Waals surface area contributed by atoms with Gasteiger partial charge in [0.2, 0.25) is 0 Å². The number of benzene rings is 1. The Bertz CT molecular complexity index is 585. The second-order valence-electron chi connectivity index (χ2n) is 3.67. The molecule has 7 heteroatoms. The molecule has 1 heterocycles. The molecule has 1 N–H and O–H groups in total. The Balaban J connectivity index is 2.13. The second kappa shape index (κ2) is 5.32. The number of nitro groups is 1. The molecule has 0 fully saturated rings. The molecule has 0 saturated carbocycles. The van der Waals surface area contributed by atoms with E-state index in [2.05, 4.69) is 10.3 Å². The fourth-order valence-corrected chi connectivity index (χ4v) is 2.35. The number of hydrogen-bond acceptors (Lipinski definition) is 5. The number of nitrogens with zero attached hydrogens (tertiary/aromatic N) is 2. The summed E-state index contributed by atoms with van der Waals surface area (Å²) in [6.07, 6.45) is 1.59. The van der Waals surface area contributed by atoms with Gasteiger partial charge in [0.25, 0.3) is 5.69 Å². The minimum absolute atomic E-state index is 0.0697. The van der Waals surface area contributed by atoms with Crippen molar-refractivity contribution in [3.8, 4) is 0 Å². The number of thiazole rings is 1. The van der Waals surface area contributed by atoms with E-state index in [1.54, 1.807) is 12.3 Å². The molecule has 1 aromatic carbocycles.